The summed E-state index contributed by atoms with van der Waals surface area (Å²) < 4.78 is 0. The fourth-order valence-corrected chi connectivity index (χ4v) is 3.61. The number of carbonyl (C=O) groups excluding carboxylic acids is 1. The van der Waals surface area contributed by atoms with Crippen LogP contribution in [-0.4, -0.2) is 43.9 Å². The molecule has 2 N–H and O–H groups in total. The van der Waals surface area contributed by atoms with Crippen LogP contribution >= 0.6 is 0 Å². The average molecular weight is 387 g/mol. The molecule has 1 saturated heterocycles. The van der Waals surface area contributed by atoms with Crippen molar-refractivity contribution < 1.29 is 4.79 Å². The van der Waals surface area contributed by atoms with Crippen LogP contribution in [0.15, 0.2) is 55.0 Å². The molecule has 8 nitrogen and oxygen atoms in total. The summed E-state index contributed by atoms with van der Waals surface area (Å²) in [5.74, 6) is 0.442. The van der Waals surface area contributed by atoms with E-state index in [0.29, 0.717) is 41.6 Å². The van der Waals surface area contributed by atoms with E-state index in [1.54, 1.807) is 36.8 Å². The zero-order valence-electron chi connectivity index (χ0n) is 16.0. The lowest BCUT2D eigenvalue weighted by molar-refractivity contribution is 0.0870. The smallest absolute Gasteiger partial charge is 0.191 e. The second-order valence-electron chi connectivity index (χ2n) is 7.23. The molecule has 8 heteroatoms. The highest BCUT2D eigenvalue weighted by Gasteiger charge is 2.42. The summed E-state index contributed by atoms with van der Waals surface area (Å²) in [6, 6.07) is 13.0. The van der Waals surface area contributed by atoms with E-state index < -0.39 is 5.54 Å². The first-order valence-electron chi connectivity index (χ1n) is 9.49. The first-order valence-corrected chi connectivity index (χ1v) is 9.49. The second kappa shape index (κ2) is 7.81. The molecule has 0 spiro atoms. The second-order valence-corrected chi connectivity index (χ2v) is 7.23. The van der Waals surface area contributed by atoms with Gasteiger partial charge in [0.15, 0.2) is 5.78 Å². The fourth-order valence-electron chi connectivity index (χ4n) is 3.61. The Kier molecular flexibility index (Phi) is 5.06. The zero-order chi connectivity index (χ0) is 20.3. The first kappa shape index (κ1) is 18.8. The molecule has 0 bridgehead atoms. The highest BCUT2D eigenvalue weighted by atomic mass is 16.1. The van der Waals surface area contributed by atoms with Crippen LogP contribution in [0.5, 0.6) is 0 Å². The van der Waals surface area contributed by atoms with Gasteiger partial charge in [-0.25, -0.2) is 4.98 Å². The van der Waals surface area contributed by atoms with Gasteiger partial charge >= 0.3 is 0 Å². The molecule has 2 aromatic heterocycles. The Hall–Kier alpha value is -3.57. The third kappa shape index (κ3) is 3.73. The number of nitrogens with one attached hydrogen (secondary N) is 2. The molecule has 3 heterocycles. The molecule has 0 radical (unpaired) electrons. The Balaban J connectivity index is 1.75. The van der Waals surface area contributed by atoms with Gasteiger partial charge in [-0.3, -0.25) is 4.79 Å². The summed E-state index contributed by atoms with van der Waals surface area (Å²) in [5.41, 5.74) is 0.755. The van der Waals surface area contributed by atoms with Crippen LogP contribution in [0.1, 0.15) is 35.7 Å². The van der Waals surface area contributed by atoms with Gasteiger partial charge in [-0.15, -0.1) is 0 Å². The number of aromatic nitrogens is 4. The average Bonchev–Trinajstić information content (AvgIpc) is 3.30. The third-order valence-corrected chi connectivity index (χ3v) is 5.23. The van der Waals surface area contributed by atoms with Crippen LogP contribution in [0, 0.1) is 11.3 Å². The van der Waals surface area contributed by atoms with Crippen LogP contribution < -0.4 is 10.6 Å². The van der Waals surface area contributed by atoms with E-state index in [1.807, 2.05) is 18.2 Å². The predicted octanol–water partition coefficient (Wildman–Crippen LogP) is 2.34. The molecule has 146 valence electrons. The molecule has 0 saturated carbocycles. The van der Waals surface area contributed by atoms with Gasteiger partial charge in [0, 0.05) is 24.3 Å². The molecule has 1 fully saturated rings. The van der Waals surface area contributed by atoms with Crippen molar-refractivity contribution in [2.75, 3.05) is 11.9 Å². The van der Waals surface area contributed by atoms with Gasteiger partial charge in [0.05, 0.1) is 29.7 Å². The van der Waals surface area contributed by atoms with Crippen LogP contribution in [0.3, 0.4) is 0 Å². The van der Waals surface area contributed by atoms with Crippen LogP contribution in [0.25, 0.3) is 5.69 Å². The minimum atomic E-state index is -0.892. The SMILES string of the molecule is C[C@@H]1CC[C@](Nc2cc(C#N)ccn2)(C(=O)c2ccccc2-n2nccn2)CN1. The van der Waals surface area contributed by atoms with Gasteiger partial charge < -0.3 is 10.6 Å². The van der Waals surface area contributed by atoms with Crippen molar-refractivity contribution in [3.8, 4) is 11.8 Å². The minimum absolute atomic E-state index is 0.0611. The Labute approximate surface area is 168 Å². The largest absolute Gasteiger partial charge is 0.356 e. The molecule has 0 unspecified atom stereocenters. The van der Waals surface area contributed by atoms with Crippen molar-refractivity contribution >= 4 is 11.6 Å². The molecule has 4 rings (SSSR count). The first-order chi connectivity index (χ1) is 14.1. The number of nitriles is 1. The van der Waals surface area contributed by atoms with E-state index in [2.05, 4.69) is 38.8 Å². The van der Waals surface area contributed by atoms with Gasteiger partial charge in [0.25, 0.3) is 0 Å². The van der Waals surface area contributed by atoms with Crippen LogP contribution in [0.2, 0.25) is 0 Å². The number of piperidine rings is 1. The van der Waals surface area contributed by atoms with Gasteiger partial charge in [0.2, 0.25) is 0 Å². The van der Waals surface area contributed by atoms with Crippen LogP contribution in [-0.2, 0) is 0 Å². The summed E-state index contributed by atoms with van der Waals surface area (Å²) in [7, 11) is 0. The van der Waals surface area contributed by atoms with Crippen molar-refractivity contribution in [3.05, 3.63) is 66.1 Å². The van der Waals surface area contributed by atoms with Crippen molar-refractivity contribution in [3.63, 3.8) is 0 Å². The molecular formula is C21H21N7O. The summed E-state index contributed by atoms with van der Waals surface area (Å²) in [6.45, 7) is 2.55. The predicted molar refractivity (Wildman–Crippen MR) is 108 cm³/mol. The molecule has 2 atom stereocenters. The summed E-state index contributed by atoms with van der Waals surface area (Å²) in [6.07, 6.45) is 6.20. The maximum atomic E-state index is 13.8. The number of para-hydroxylation sites is 1. The third-order valence-electron chi connectivity index (χ3n) is 5.23. The lowest BCUT2D eigenvalue weighted by atomic mass is 9.80. The topological polar surface area (TPSA) is 109 Å². The normalized spacial score (nSPS) is 21.3. The molecule has 1 aromatic carbocycles. The number of ketones is 1. The number of anilines is 1. The number of hydrogen-bond donors (Lipinski definition) is 2. The summed E-state index contributed by atoms with van der Waals surface area (Å²) >= 11 is 0. The fraction of sp³-hybridized carbons (Fsp3) is 0.286. The lowest BCUT2D eigenvalue weighted by Crippen LogP contribution is -2.59. The van der Waals surface area contributed by atoms with Gasteiger partial charge in [-0.2, -0.15) is 20.3 Å². The van der Waals surface area contributed by atoms with E-state index in [0.717, 1.165) is 6.42 Å². The van der Waals surface area contributed by atoms with E-state index in [1.165, 1.54) is 4.80 Å². The number of Topliss-reactive ketones (excluding diaryl/α,β-unsaturated/α-hetero) is 1. The van der Waals surface area contributed by atoms with Crippen LogP contribution in [0.4, 0.5) is 5.82 Å². The number of hydrogen-bond acceptors (Lipinski definition) is 7. The zero-order valence-corrected chi connectivity index (χ0v) is 16.0. The molecule has 0 aliphatic carbocycles. The van der Waals surface area contributed by atoms with Crippen molar-refractivity contribution in [1.82, 2.24) is 25.3 Å². The molecule has 1 aliphatic rings. The quantitative estimate of drug-likeness (QED) is 0.647. The maximum Gasteiger partial charge on any atom is 0.191 e. The number of pyridine rings is 1. The van der Waals surface area contributed by atoms with Gasteiger partial charge in [-0.1, -0.05) is 12.1 Å². The van der Waals surface area contributed by atoms with Crippen molar-refractivity contribution in [2.45, 2.75) is 31.3 Å². The van der Waals surface area contributed by atoms with Gasteiger partial charge in [0.1, 0.15) is 11.4 Å². The van der Waals surface area contributed by atoms with E-state index in [9.17, 15) is 10.1 Å². The number of carbonyl (C=O) groups is 1. The number of nitrogens with zero attached hydrogens (tertiary/aromatic N) is 5. The monoisotopic (exact) mass is 387 g/mol. The van der Waals surface area contributed by atoms with Crippen molar-refractivity contribution in [1.29, 1.82) is 5.26 Å². The Morgan fingerprint density at radius 2 is 2.07 bits per heavy atom. The molecular weight excluding hydrogens is 366 g/mol. The van der Waals surface area contributed by atoms with Gasteiger partial charge in [-0.05, 0) is 44.0 Å². The number of rotatable bonds is 5. The summed E-state index contributed by atoms with van der Waals surface area (Å²) in [5, 5.41) is 24.3. The Morgan fingerprint density at radius 3 is 2.79 bits per heavy atom. The minimum Gasteiger partial charge on any atom is -0.356 e. The molecule has 1 aliphatic heterocycles. The van der Waals surface area contributed by atoms with Crippen molar-refractivity contribution in [2.24, 2.45) is 0 Å². The Bertz CT molecular complexity index is 1050. The standard InChI is InChI=1S/C21H21N7O/c1-15-6-8-21(14-24-15,27-19-12-16(13-22)7-9-23-19)20(29)17-4-2-3-5-18(17)28-25-10-11-26-28/h2-5,7,9-12,15,24H,6,8,14H2,1H3,(H,23,27)/t15-,21-/m1/s1. The summed E-state index contributed by atoms with van der Waals surface area (Å²) in [4.78, 5) is 19.6. The highest BCUT2D eigenvalue weighted by molar-refractivity contribution is 6.07. The highest BCUT2D eigenvalue weighted by Crippen LogP contribution is 2.30. The number of benzene rings is 1. The lowest BCUT2D eigenvalue weighted by Gasteiger charge is -2.40. The molecule has 29 heavy (non-hydrogen) atoms. The molecule has 0 amide bonds. The van der Waals surface area contributed by atoms with E-state index in [-0.39, 0.29) is 5.78 Å². The maximum absolute atomic E-state index is 13.8. The Morgan fingerprint density at radius 1 is 1.28 bits per heavy atom. The van der Waals surface area contributed by atoms with E-state index in [4.69, 9.17) is 0 Å². The molecule has 3 aromatic rings. The van der Waals surface area contributed by atoms with E-state index >= 15 is 0 Å².